The zero-order chi connectivity index (χ0) is 39.8. The van der Waals surface area contributed by atoms with Crippen LogP contribution in [0.3, 0.4) is 0 Å². The van der Waals surface area contributed by atoms with Crippen LogP contribution >= 0.6 is 11.8 Å². The molecule has 4 atom stereocenters. The number of halogens is 2. The summed E-state index contributed by atoms with van der Waals surface area (Å²) in [5.41, 5.74) is 1.62. The third kappa shape index (κ3) is 9.71. The first-order valence-corrected chi connectivity index (χ1v) is 19.7. The Bertz CT molecular complexity index is 2400. The third-order valence-corrected chi connectivity index (χ3v) is 10.9. The highest BCUT2D eigenvalue weighted by molar-refractivity contribution is 7.98. The summed E-state index contributed by atoms with van der Waals surface area (Å²) in [5, 5.41) is 13.5. The number of alkyl halides is 2. The summed E-state index contributed by atoms with van der Waals surface area (Å²) in [5.74, 6) is 2.46. The Morgan fingerprint density at radius 3 is 1.79 bits per heavy atom. The number of hydrogen-bond acceptors (Lipinski definition) is 15. The molecule has 2 fully saturated rings. The summed E-state index contributed by atoms with van der Waals surface area (Å²) in [6.45, 7) is -2.93. The zero-order valence-electron chi connectivity index (χ0n) is 31.0. The monoisotopic (exact) mass is 807 g/mol. The smallest absolute Gasteiger partial charge is 0.387 e. The second-order valence-corrected chi connectivity index (χ2v) is 15.0. The molecule has 58 heavy (non-hydrogen) atoms. The van der Waals surface area contributed by atoms with E-state index in [-0.39, 0.29) is 41.0 Å². The van der Waals surface area contributed by atoms with Crippen LogP contribution in [0.5, 0.6) is 5.75 Å². The van der Waals surface area contributed by atoms with Crippen molar-refractivity contribution in [1.82, 2.24) is 44.0 Å². The van der Waals surface area contributed by atoms with Gasteiger partial charge in [-0.15, -0.1) is 11.8 Å². The molecule has 6 aromatic heterocycles. The number of anilines is 4. The molecule has 298 valence electrons. The molecule has 2 saturated carbocycles. The average Bonchev–Trinajstić information content (AvgIpc) is 3.88. The van der Waals surface area contributed by atoms with E-state index < -0.39 is 6.61 Å². The van der Waals surface area contributed by atoms with Crippen LogP contribution in [-0.2, 0) is 5.75 Å². The van der Waals surface area contributed by atoms with Gasteiger partial charge >= 0.3 is 6.61 Å². The Hall–Kier alpha value is -6.50. The van der Waals surface area contributed by atoms with Gasteiger partial charge in [0.1, 0.15) is 5.82 Å². The van der Waals surface area contributed by atoms with Crippen LogP contribution in [0, 0.1) is 0 Å². The standard InChI is InChI=1S/C39H39F2N13O3S/c40-36(41)57-31-19-45-38(46-20-31)51-26-7-6-25(14-26)49-33-11-10-29(16-42-33)54-13-3-4-24(35(54)56)23-58-32-21-47-39(48-22-32)52-28-9-8-27(15-28)50-37-43-17-30(18-44-37)53-12-2-1-5-34(53)55/h1-5,10-13,16-22,25-28,36H,6-9,14-15,23H2,(H,42,49)(H,43,44,50)(H,45,46,51)(H,47,48,52)/t25-,26-,27?,28-/m0/s1. The van der Waals surface area contributed by atoms with Gasteiger partial charge in [-0.2, -0.15) is 8.78 Å². The minimum Gasteiger partial charge on any atom is -0.432 e. The minimum absolute atomic E-state index is 0.0924. The lowest BCUT2D eigenvalue weighted by Crippen LogP contribution is -2.23. The van der Waals surface area contributed by atoms with Crippen LogP contribution < -0.4 is 37.1 Å². The summed E-state index contributed by atoms with van der Waals surface area (Å²) >= 11 is 1.49. The van der Waals surface area contributed by atoms with Crippen LogP contribution in [-0.4, -0.2) is 74.8 Å². The fourth-order valence-electron chi connectivity index (χ4n) is 7.05. The van der Waals surface area contributed by atoms with Crippen LogP contribution in [0.4, 0.5) is 32.4 Å². The molecule has 6 aromatic rings. The SMILES string of the molecule is O=c1ccccn1-c1cnc(NC2CC[C@H](Nc3ncc(SCc4cccn(-c5ccc(N[C@H]6CC[C@H](Nc7ncc(OC(F)F)cn7)C6)nc5)c4=O)cn3)C2)nc1. The topological polar surface area (TPSA) is 192 Å². The fraction of sp³-hybridized carbons (Fsp3) is 0.308. The van der Waals surface area contributed by atoms with Crippen molar-refractivity contribution in [2.45, 2.75) is 80.0 Å². The Labute approximate surface area is 335 Å². The number of aromatic nitrogens is 9. The first-order valence-electron chi connectivity index (χ1n) is 18.8. The van der Waals surface area contributed by atoms with Gasteiger partial charge in [0.15, 0.2) is 5.75 Å². The van der Waals surface area contributed by atoms with Gasteiger partial charge < -0.3 is 26.0 Å². The third-order valence-electron chi connectivity index (χ3n) is 9.88. The van der Waals surface area contributed by atoms with Gasteiger partial charge in [-0.3, -0.25) is 18.7 Å². The van der Waals surface area contributed by atoms with Crippen molar-refractivity contribution < 1.29 is 13.5 Å². The molecule has 1 unspecified atom stereocenters. The van der Waals surface area contributed by atoms with Crippen molar-refractivity contribution >= 4 is 35.4 Å². The number of thioether (sulfide) groups is 1. The molecule has 0 bridgehead atoms. The van der Waals surface area contributed by atoms with Crippen molar-refractivity contribution in [1.29, 1.82) is 0 Å². The number of rotatable bonds is 15. The molecule has 0 radical (unpaired) electrons. The Balaban J connectivity index is 0.784. The number of nitrogens with zero attached hydrogens (tertiary/aromatic N) is 9. The number of hydrogen-bond donors (Lipinski definition) is 4. The maximum Gasteiger partial charge on any atom is 0.387 e. The molecule has 16 nitrogen and oxygen atoms in total. The highest BCUT2D eigenvalue weighted by Crippen LogP contribution is 2.27. The van der Waals surface area contributed by atoms with Gasteiger partial charge in [-0.05, 0) is 62.8 Å². The van der Waals surface area contributed by atoms with Crippen LogP contribution in [0.25, 0.3) is 11.4 Å². The van der Waals surface area contributed by atoms with Gasteiger partial charge in [0.05, 0.1) is 42.4 Å². The van der Waals surface area contributed by atoms with E-state index in [1.165, 1.54) is 34.8 Å². The van der Waals surface area contributed by atoms with Gasteiger partial charge in [-0.1, -0.05) is 12.1 Å². The van der Waals surface area contributed by atoms with E-state index in [4.69, 9.17) is 0 Å². The molecule has 0 amide bonds. The summed E-state index contributed by atoms with van der Waals surface area (Å²) in [4.78, 5) is 57.0. The summed E-state index contributed by atoms with van der Waals surface area (Å²) in [7, 11) is 0. The van der Waals surface area contributed by atoms with E-state index in [1.807, 2.05) is 24.3 Å². The van der Waals surface area contributed by atoms with Gasteiger partial charge in [0.25, 0.3) is 11.1 Å². The lowest BCUT2D eigenvalue weighted by Gasteiger charge is -2.16. The maximum absolute atomic E-state index is 13.5. The predicted molar refractivity (Wildman–Crippen MR) is 215 cm³/mol. The molecule has 4 N–H and O–H groups in total. The molecule has 0 aromatic carbocycles. The molecule has 2 aliphatic carbocycles. The Morgan fingerprint density at radius 2 is 1.21 bits per heavy atom. The molecular weight excluding hydrogens is 769 g/mol. The molecule has 0 aliphatic heterocycles. The molecule has 6 heterocycles. The highest BCUT2D eigenvalue weighted by Gasteiger charge is 2.27. The zero-order valence-corrected chi connectivity index (χ0v) is 31.8. The van der Waals surface area contributed by atoms with Crippen molar-refractivity contribution in [2.24, 2.45) is 0 Å². The van der Waals surface area contributed by atoms with Crippen LogP contribution in [0.15, 0.2) is 113 Å². The van der Waals surface area contributed by atoms with Crippen molar-refractivity contribution in [3.05, 3.63) is 125 Å². The largest absolute Gasteiger partial charge is 0.432 e. The molecule has 2 aliphatic rings. The first kappa shape index (κ1) is 38.4. The summed E-state index contributed by atoms with van der Waals surface area (Å²) < 4.78 is 32.2. The Morgan fingerprint density at radius 1 is 0.638 bits per heavy atom. The second-order valence-electron chi connectivity index (χ2n) is 13.9. The van der Waals surface area contributed by atoms with E-state index in [2.05, 4.69) is 60.9 Å². The lowest BCUT2D eigenvalue weighted by atomic mass is 10.2. The number of ether oxygens (including phenoxy) is 1. The normalized spacial score (nSPS) is 18.9. The van der Waals surface area contributed by atoms with Gasteiger partial charge in [0, 0.05) is 71.2 Å². The summed E-state index contributed by atoms with van der Waals surface area (Å²) in [6, 6.07) is 13.0. The molecule has 8 rings (SSSR count). The van der Waals surface area contributed by atoms with E-state index in [0.717, 1.165) is 43.4 Å². The second kappa shape index (κ2) is 17.7. The number of nitrogens with one attached hydrogen (secondary N) is 4. The molecule has 0 saturated heterocycles. The summed E-state index contributed by atoms with van der Waals surface area (Å²) in [6.07, 6.45) is 19.6. The first-order chi connectivity index (χ1) is 28.3. The average molecular weight is 808 g/mol. The van der Waals surface area contributed by atoms with E-state index in [0.29, 0.717) is 46.4 Å². The van der Waals surface area contributed by atoms with E-state index >= 15 is 0 Å². The molecule has 19 heteroatoms. The van der Waals surface area contributed by atoms with E-state index in [9.17, 15) is 18.4 Å². The Kier molecular flexibility index (Phi) is 11.7. The van der Waals surface area contributed by atoms with Gasteiger partial charge in [0.2, 0.25) is 17.8 Å². The van der Waals surface area contributed by atoms with Crippen molar-refractivity contribution in [3.63, 3.8) is 0 Å². The van der Waals surface area contributed by atoms with Crippen molar-refractivity contribution in [3.8, 4) is 17.1 Å². The maximum atomic E-state index is 13.5. The minimum atomic E-state index is -2.93. The van der Waals surface area contributed by atoms with Gasteiger partial charge in [-0.25, -0.2) is 34.9 Å². The lowest BCUT2D eigenvalue weighted by molar-refractivity contribution is -0.0503. The van der Waals surface area contributed by atoms with Crippen LogP contribution in [0.2, 0.25) is 0 Å². The number of pyridine rings is 3. The highest BCUT2D eigenvalue weighted by atomic mass is 32.2. The van der Waals surface area contributed by atoms with E-state index in [1.54, 1.807) is 60.1 Å². The van der Waals surface area contributed by atoms with Crippen LogP contribution in [0.1, 0.15) is 44.1 Å². The predicted octanol–water partition coefficient (Wildman–Crippen LogP) is 5.54. The quantitative estimate of drug-likeness (QED) is 0.0946. The fourth-order valence-corrected chi connectivity index (χ4v) is 7.85. The van der Waals surface area contributed by atoms with Crippen molar-refractivity contribution in [2.75, 3.05) is 21.3 Å². The molecule has 0 spiro atoms. The molecular formula is C39H39F2N13O3S.